The molecule has 1 aromatic heterocycles. The molecule has 1 heterocycles. The van der Waals surface area contributed by atoms with E-state index in [0.717, 1.165) is 6.07 Å². The highest BCUT2D eigenvalue weighted by molar-refractivity contribution is 5.69. The summed E-state index contributed by atoms with van der Waals surface area (Å²) in [6.45, 7) is 2.45. The second-order valence-corrected chi connectivity index (χ2v) is 3.91. The number of alkyl halides is 3. The number of aliphatic carboxylic acids is 1. The normalized spacial score (nSPS) is 13.2. The lowest BCUT2D eigenvalue weighted by Gasteiger charge is -2.14. The first-order valence-electron chi connectivity index (χ1n) is 5.11. The Morgan fingerprint density at radius 3 is 2.67 bits per heavy atom. The summed E-state index contributed by atoms with van der Waals surface area (Å²) in [5.41, 5.74) is -0.652. The summed E-state index contributed by atoms with van der Waals surface area (Å²) in [6, 6.07) is 0.910. The summed E-state index contributed by atoms with van der Waals surface area (Å²) in [7, 11) is 0. The van der Waals surface area contributed by atoms with Crippen molar-refractivity contribution in [3.05, 3.63) is 23.4 Å². The number of nitrogens with zero attached hydrogens (tertiary/aromatic N) is 1. The minimum atomic E-state index is -4.58. The predicted octanol–water partition coefficient (Wildman–Crippen LogP) is 2.51. The van der Waals surface area contributed by atoms with E-state index in [1.54, 1.807) is 0 Å². The molecule has 1 rings (SSSR count). The van der Waals surface area contributed by atoms with Gasteiger partial charge < -0.3 is 9.84 Å². The molecule has 7 heteroatoms. The van der Waals surface area contributed by atoms with Crippen molar-refractivity contribution in [2.45, 2.75) is 20.0 Å². The lowest BCUT2D eigenvalue weighted by atomic mass is 10.2. The minimum absolute atomic E-state index is 0.348. The number of carboxylic acids is 1. The van der Waals surface area contributed by atoms with E-state index in [2.05, 4.69) is 4.98 Å². The van der Waals surface area contributed by atoms with Crippen molar-refractivity contribution >= 4 is 5.97 Å². The average molecular weight is 263 g/mol. The standard InChI is InChI=1S/C11H12F3NO3/c1-6-3-8(11(12,13)14)9(15-4-6)18-5-7(2)10(16)17/h3-4,7H,5H2,1-2H3,(H,16,17). The average Bonchev–Trinajstić information content (AvgIpc) is 2.25. The van der Waals surface area contributed by atoms with Crippen molar-refractivity contribution in [2.24, 2.45) is 5.92 Å². The molecular weight excluding hydrogens is 251 g/mol. The highest BCUT2D eigenvalue weighted by Crippen LogP contribution is 2.35. The molecule has 1 atom stereocenters. The van der Waals surface area contributed by atoms with Gasteiger partial charge in [0.1, 0.15) is 12.2 Å². The predicted molar refractivity (Wildman–Crippen MR) is 56.3 cm³/mol. The summed E-state index contributed by atoms with van der Waals surface area (Å²) in [6.07, 6.45) is -3.35. The van der Waals surface area contributed by atoms with Crippen LogP contribution in [0.5, 0.6) is 5.88 Å². The molecule has 0 aliphatic heterocycles. The van der Waals surface area contributed by atoms with Gasteiger partial charge in [0.25, 0.3) is 0 Å². The van der Waals surface area contributed by atoms with Gasteiger partial charge in [-0.25, -0.2) is 4.98 Å². The van der Waals surface area contributed by atoms with Crippen LogP contribution >= 0.6 is 0 Å². The smallest absolute Gasteiger partial charge is 0.421 e. The molecule has 18 heavy (non-hydrogen) atoms. The number of ether oxygens (including phenoxy) is 1. The quantitative estimate of drug-likeness (QED) is 0.906. The molecule has 0 aromatic carbocycles. The van der Waals surface area contributed by atoms with E-state index in [9.17, 15) is 18.0 Å². The van der Waals surface area contributed by atoms with Crippen molar-refractivity contribution in [1.82, 2.24) is 4.98 Å². The highest BCUT2D eigenvalue weighted by atomic mass is 19.4. The Kier molecular flexibility index (Phi) is 4.15. The van der Waals surface area contributed by atoms with Crippen LogP contribution in [0.3, 0.4) is 0 Å². The van der Waals surface area contributed by atoms with E-state index < -0.39 is 29.5 Å². The molecular formula is C11H12F3NO3. The second-order valence-electron chi connectivity index (χ2n) is 3.91. The number of aromatic nitrogens is 1. The number of carbonyl (C=O) groups is 1. The Hall–Kier alpha value is -1.79. The Morgan fingerprint density at radius 1 is 1.56 bits per heavy atom. The molecule has 0 spiro atoms. The van der Waals surface area contributed by atoms with Gasteiger partial charge in [-0.3, -0.25) is 4.79 Å². The lowest BCUT2D eigenvalue weighted by Crippen LogP contribution is -2.20. The van der Waals surface area contributed by atoms with Gasteiger partial charge in [0.05, 0.1) is 5.92 Å². The largest absolute Gasteiger partial charge is 0.481 e. The van der Waals surface area contributed by atoms with E-state index >= 15 is 0 Å². The fourth-order valence-electron chi connectivity index (χ4n) is 1.15. The van der Waals surface area contributed by atoms with E-state index in [-0.39, 0.29) is 6.61 Å². The molecule has 0 radical (unpaired) electrons. The van der Waals surface area contributed by atoms with Crippen LogP contribution in [0.25, 0.3) is 0 Å². The number of carboxylic acid groups (broad SMARTS) is 1. The Balaban J connectivity index is 2.92. The van der Waals surface area contributed by atoms with E-state index in [4.69, 9.17) is 9.84 Å². The van der Waals surface area contributed by atoms with Crippen LogP contribution in [0.1, 0.15) is 18.1 Å². The van der Waals surface area contributed by atoms with Crippen LogP contribution in [0.15, 0.2) is 12.3 Å². The maximum atomic E-state index is 12.7. The zero-order valence-corrected chi connectivity index (χ0v) is 9.78. The van der Waals surface area contributed by atoms with Crippen molar-refractivity contribution in [2.75, 3.05) is 6.61 Å². The molecule has 0 saturated heterocycles. The van der Waals surface area contributed by atoms with Crippen LogP contribution in [-0.2, 0) is 11.0 Å². The van der Waals surface area contributed by atoms with Crippen LogP contribution in [0.4, 0.5) is 13.2 Å². The topological polar surface area (TPSA) is 59.4 Å². The number of rotatable bonds is 4. The molecule has 0 aliphatic carbocycles. The number of hydrogen-bond donors (Lipinski definition) is 1. The molecule has 4 nitrogen and oxygen atoms in total. The third-order valence-corrected chi connectivity index (χ3v) is 2.18. The fraction of sp³-hybridized carbons (Fsp3) is 0.455. The van der Waals surface area contributed by atoms with Gasteiger partial charge in [-0.05, 0) is 25.5 Å². The van der Waals surface area contributed by atoms with Crippen molar-refractivity contribution in [3.8, 4) is 5.88 Å². The molecule has 0 bridgehead atoms. The molecule has 1 aromatic rings. The maximum Gasteiger partial charge on any atom is 0.421 e. The van der Waals surface area contributed by atoms with Crippen molar-refractivity contribution in [1.29, 1.82) is 0 Å². The van der Waals surface area contributed by atoms with Gasteiger partial charge in [-0.2, -0.15) is 13.2 Å². The first-order chi connectivity index (χ1) is 8.21. The summed E-state index contributed by atoms with van der Waals surface area (Å²) in [4.78, 5) is 14.1. The SMILES string of the molecule is Cc1cnc(OCC(C)C(=O)O)c(C(F)(F)F)c1. The van der Waals surface area contributed by atoms with Gasteiger partial charge in [0, 0.05) is 6.20 Å². The monoisotopic (exact) mass is 263 g/mol. The number of aryl methyl sites for hydroxylation is 1. The summed E-state index contributed by atoms with van der Waals surface area (Å²) >= 11 is 0. The zero-order valence-electron chi connectivity index (χ0n) is 9.78. The summed E-state index contributed by atoms with van der Waals surface area (Å²) in [5.74, 6) is -2.65. The highest BCUT2D eigenvalue weighted by Gasteiger charge is 2.35. The first kappa shape index (κ1) is 14.3. The third-order valence-electron chi connectivity index (χ3n) is 2.18. The van der Waals surface area contributed by atoms with Gasteiger partial charge in [-0.1, -0.05) is 0 Å². The molecule has 100 valence electrons. The van der Waals surface area contributed by atoms with Crippen molar-refractivity contribution in [3.63, 3.8) is 0 Å². The molecule has 1 N–H and O–H groups in total. The summed E-state index contributed by atoms with van der Waals surface area (Å²) in [5, 5.41) is 8.61. The fourth-order valence-corrected chi connectivity index (χ4v) is 1.15. The van der Waals surface area contributed by atoms with E-state index in [0.29, 0.717) is 5.56 Å². The maximum absolute atomic E-state index is 12.7. The molecule has 0 saturated carbocycles. The minimum Gasteiger partial charge on any atom is -0.481 e. The Morgan fingerprint density at radius 2 is 2.17 bits per heavy atom. The van der Waals surface area contributed by atoms with Crippen LogP contribution in [0.2, 0.25) is 0 Å². The molecule has 0 amide bonds. The lowest BCUT2D eigenvalue weighted by molar-refractivity contribution is -0.142. The number of pyridine rings is 1. The molecule has 1 unspecified atom stereocenters. The second kappa shape index (κ2) is 5.24. The van der Waals surface area contributed by atoms with Gasteiger partial charge in [0.15, 0.2) is 0 Å². The Labute approximate surface area is 101 Å². The van der Waals surface area contributed by atoms with Gasteiger partial charge >= 0.3 is 12.1 Å². The first-order valence-corrected chi connectivity index (χ1v) is 5.11. The van der Waals surface area contributed by atoms with E-state index in [1.165, 1.54) is 20.0 Å². The zero-order chi connectivity index (χ0) is 13.9. The summed E-state index contributed by atoms with van der Waals surface area (Å²) < 4.78 is 42.9. The molecule has 0 aliphatic rings. The van der Waals surface area contributed by atoms with Crippen LogP contribution < -0.4 is 4.74 Å². The van der Waals surface area contributed by atoms with Gasteiger partial charge in [-0.15, -0.1) is 0 Å². The number of hydrogen-bond acceptors (Lipinski definition) is 3. The number of halogens is 3. The van der Waals surface area contributed by atoms with Crippen molar-refractivity contribution < 1.29 is 27.8 Å². The third kappa shape index (κ3) is 3.61. The van der Waals surface area contributed by atoms with Crippen LogP contribution in [-0.4, -0.2) is 22.7 Å². The van der Waals surface area contributed by atoms with Gasteiger partial charge in [0.2, 0.25) is 5.88 Å². The van der Waals surface area contributed by atoms with Crippen LogP contribution in [0, 0.1) is 12.8 Å². The van der Waals surface area contributed by atoms with E-state index in [1.807, 2.05) is 0 Å². The Bertz CT molecular complexity index is 446. The molecule has 0 fully saturated rings.